The summed E-state index contributed by atoms with van der Waals surface area (Å²) in [4.78, 5) is 12.3. The van der Waals surface area contributed by atoms with Crippen LogP contribution in [0.25, 0.3) is 0 Å². The van der Waals surface area contributed by atoms with E-state index in [1.165, 1.54) is 20.2 Å². The van der Waals surface area contributed by atoms with Gasteiger partial charge >= 0.3 is 0 Å². The van der Waals surface area contributed by atoms with Crippen molar-refractivity contribution in [2.24, 2.45) is 0 Å². The maximum absolute atomic E-state index is 12.2. The summed E-state index contributed by atoms with van der Waals surface area (Å²) in [5.74, 6) is -0.281. The summed E-state index contributed by atoms with van der Waals surface area (Å²) in [5.41, 5.74) is 2.95. The minimum absolute atomic E-state index is 0.0174. The van der Waals surface area contributed by atoms with Crippen molar-refractivity contribution < 1.29 is 13.2 Å². The number of nitrogens with one attached hydrogen (secondary N) is 2. The van der Waals surface area contributed by atoms with Gasteiger partial charge in [-0.2, -0.15) is 0 Å². The van der Waals surface area contributed by atoms with Crippen molar-refractivity contribution in [1.82, 2.24) is 4.31 Å². The van der Waals surface area contributed by atoms with E-state index in [0.717, 1.165) is 15.4 Å². The Labute approximate surface area is 159 Å². The zero-order chi connectivity index (χ0) is 19.5. The summed E-state index contributed by atoms with van der Waals surface area (Å²) >= 11 is 6.11. The first-order valence-electron chi connectivity index (χ1n) is 7.94. The van der Waals surface area contributed by atoms with Gasteiger partial charge in [-0.1, -0.05) is 23.7 Å². The Kier molecular flexibility index (Phi) is 6.28. The highest BCUT2D eigenvalue weighted by Crippen LogP contribution is 2.23. The molecule has 0 bridgehead atoms. The van der Waals surface area contributed by atoms with E-state index in [4.69, 9.17) is 11.6 Å². The smallest absolute Gasteiger partial charge is 0.243 e. The van der Waals surface area contributed by atoms with Crippen molar-refractivity contribution in [2.75, 3.05) is 31.3 Å². The first kappa shape index (κ1) is 20.2. The SMILES string of the molecule is Cc1ccc(NC(=O)CNc2cc(S(=O)(=O)N(C)C)ccc2C)c(Cl)c1. The first-order valence-corrected chi connectivity index (χ1v) is 9.76. The fraction of sp³-hybridized carbons (Fsp3) is 0.278. The summed E-state index contributed by atoms with van der Waals surface area (Å²) in [6.45, 7) is 3.73. The average molecular weight is 396 g/mol. The van der Waals surface area contributed by atoms with Gasteiger partial charge in [-0.05, 0) is 49.2 Å². The zero-order valence-electron chi connectivity index (χ0n) is 15.1. The Balaban J connectivity index is 2.10. The third-order valence-corrected chi connectivity index (χ3v) is 5.95. The van der Waals surface area contributed by atoms with Crippen molar-refractivity contribution in [3.05, 3.63) is 52.5 Å². The number of nitrogens with zero attached hydrogens (tertiary/aromatic N) is 1. The molecular formula is C18H22ClN3O3S. The van der Waals surface area contributed by atoms with Crippen molar-refractivity contribution in [1.29, 1.82) is 0 Å². The van der Waals surface area contributed by atoms with Crippen LogP contribution in [0.2, 0.25) is 5.02 Å². The minimum atomic E-state index is -3.54. The molecule has 1 amide bonds. The van der Waals surface area contributed by atoms with Gasteiger partial charge in [-0.3, -0.25) is 4.79 Å². The second-order valence-corrected chi connectivity index (χ2v) is 8.71. The standard InChI is InChI=1S/C18H22ClN3O3S/c1-12-5-8-16(15(19)9-12)21-18(23)11-20-17-10-14(7-6-13(17)2)26(24,25)22(3)4/h5-10,20H,11H2,1-4H3,(H,21,23). The number of anilines is 2. The summed E-state index contributed by atoms with van der Waals surface area (Å²) in [7, 11) is -0.591. The van der Waals surface area contributed by atoms with E-state index in [9.17, 15) is 13.2 Å². The maximum atomic E-state index is 12.2. The molecule has 6 nitrogen and oxygen atoms in total. The van der Waals surface area contributed by atoms with Gasteiger partial charge in [0.1, 0.15) is 0 Å². The van der Waals surface area contributed by atoms with Crippen molar-refractivity contribution >= 4 is 38.9 Å². The first-order chi connectivity index (χ1) is 12.1. The maximum Gasteiger partial charge on any atom is 0.243 e. The molecule has 0 aromatic heterocycles. The zero-order valence-corrected chi connectivity index (χ0v) is 16.7. The van der Waals surface area contributed by atoms with E-state index in [1.807, 2.05) is 19.9 Å². The Morgan fingerprint density at radius 1 is 1.08 bits per heavy atom. The van der Waals surface area contributed by atoms with Gasteiger partial charge in [-0.15, -0.1) is 0 Å². The molecule has 0 saturated carbocycles. The van der Waals surface area contributed by atoms with E-state index >= 15 is 0 Å². The molecule has 0 aliphatic heterocycles. The van der Waals surface area contributed by atoms with Crippen molar-refractivity contribution in [3.8, 4) is 0 Å². The second kappa shape index (κ2) is 8.07. The molecule has 0 radical (unpaired) electrons. The van der Waals surface area contributed by atoms with Crippen LogP contribution in [0.1, 0.15) is 11.1 Å². The fourth-order valence-corrected chi connectivity index (χ4v) is 3.47. The van der Waals surface area contributed by atoms with Crippen molar-refractivity contribution in [3.63, 3.8) is 0 Å². The van der Waals surface area contributed by atoms with Crippen LogP contribution in [-0.4, -0.2) is 39.3 Å². The number of rotatable bonds is 6. The molecule has 0 aliphatic rings. The topological polar surface area (TPSA) is 78.5 Å². The van der Waals surface area contributed by atoms with Crippen LogP contribution in [0.4, 0.5) is 11.4 Å². The van der Waals surface area contributed by atoms with Crippen LogP contribution in [0, 0.1) is 13.8 Å². The van der Waals surface area contributed by atoms with Crippen LogP contribution in [0.3, 0.4) is 0 Å². The number of hydrogen-bond acceptors (Lipinski definition) is 4. The highest BCUT2D eigenvalue weighted by molar-refractivity contribution is 7.89. The number of aryl methyl sites for hydroxylation is 2. The molecule has 0 spiro atoms. The third-order valence-electron chi connectivity index (χ3n) is 3.83. The fourth-order valence-electron chi connectivity index (χ4n) is 2.25. The van der Waals surface area contributed by atoms with E-state index < -0.39 is 10.0 Å². The van der Waals surface area contributed by atoms with E-state index in [2.05, 4.69) is 10.6 Å². The van der Waals surface area contributed by atoms with Gasteiger partial charge < -0.3 is 10.6 Å². The van der Waals surface area contributed by atoms with E-state index in [-0.39, 0.29) is 17.3 Å². The lowest BCUT2D eigenvalue weighted by Crippen LogP contribution is -2.24. The lowest BCUT2D eigenvalue weighted by atomic mass is 10.2. The van der Waals surface area contributed by atoms with Crippen LogP contribution in [0.5, 0.6) is 0 Å². The molecule has 8 heteroatoms. The summed E-state index contributed by atoms with van der Waals surface area (Å²) < 4.78 is 25.6. The number of sulfonamides is 1. The van der Waals surface area contributed by atoms with Gasteiger partial charge in [-0.25, -0.2) is 12.7 Å². The number of carbonyl (C=O) groups excluding carboxylic acids is 1. The van der Waals surface area contributed by atoms with Gasteiger partial charge in [0.25, 0.3) is 0 Å². The van der Waals surface area contributed by atoms with Crippen LogP contribution < -0.4 is 10.6 Å². The monoisotopic (exact) mass is 395 g/mol. The summed E-state index contributed by atoms with van der Waals surface area (Å²) in [5, 5.41) is 6.17. The predicted molar refractivity (Wildman–Crippen MR) is 105 cm³/mol. The Morgan fingerprint density at radius 3 is 2.38 bits per heavy atom. The quantitative estimate of drug-likeness (QED) is 0.786. The minimum Gasteiger partial charge on any atom is -0.376 e. The molecular weight excluding hydrogens is 374 g/mol. The molecule has 0 fully saturated rings. The van der Waals surface area contributed by atoms with Gasteiger partial charge in [0, 0.05) is 19.8 Å². The molecule has 0 saturated heterocycles. The predicted octanol–water partition coefficient (Wildman–Crippen LogP) is 3.26. The summed E-state index contributed by atoms with van der Waals surface area (Å²) in [6.07, 6.45) is 0. The Bertz CT molecular complexity index is 927. The molecule has 2 N–H and O–H groups in total. The highest BCUT2D eigenvalue weighted by atomic mass is 35.5. The number of benzene rings is 2. The average Bonchev–Trinajstić information content (AvgIpc) is 2.56. The molecule has 2 aromatic carbocycles. The van der Waals surface area contributed by atoms with E-state index in [1.54, 1.807) is 24.3 Å². The number of halogens is 1. The van der Waals surface area contributed by atoms with Crippen molar-refractivity contribution in [2.45, 2.75) is 18.7 Å². The molecule has 0 heterocycles. The lowest BCUT2D eigenvalue weighted by Gasteiger charge is -2.15. The Hall–Kier alpha value is -2.09. The van der Waals surface area contributed by atoms with Crippen LogP contribution in [0.15, 0.2) is 41.3 Å². The van der Waals surface area contributed by atoms with E-state index in [0.29, 0.717) is 16.4 Å². The largest absolute Gasteiger partial charge is 0.376 e. The lowest BCUT2D eigenvalue weighted by molar-refractivity contribution is -0.114. The Morgan fingerprint density at radius 2 is 1.77 bits per heavy atom. The molecule has 0 atom stereocenters. The van der Waals surface area contributed by atoms with Gasteiger partial charge in [0.2, 0.25) is 15.9 Å². The third kappa shape index (κ3) is 4.75. The van der Waals surface area contributed by atoms with Crippen LogP contribution in [-0.2, 0) is 14.8 Å². The molecule has 2 rings (SSSR count). The molecule has 2 aromatic rings. The summed E-state index contributed by atoms with van der Waals surface area (Å²) in [6, 6.07) is 10.1. The second-order valence-electron chi connectivity index (χ2n) is 6.15. The number of carbonyl (C=O) groups is 1. The van der Waals surface area contributed by atoms with Gasteiger partial charge in [0.05, 0.1) is 22.2 Å². The highest BCUT2D eigenvalue weighted by Gasteiger charge is 2.18. The molecule has 0 aliphatic carbocycles. The molecule has 140 valence electrons. The normalized spacial score (nSPS) is 11.5. The van der Waals surface area contributed by atoms with Crippen LogP contribution >= 0.6 is 11.6 Å². The number of hydrogen-bond donors (Lipinski definition) is 2. The molecule has 0 unspecified atom stereocenters. The number of amides is 1. The van der Waals surface area contributed by atoms with Gasteiger partial charge in [0.15, 0.2) is 0 Å². The molecule has 26 heavy (non-hydrogen) atoms.